The fraction of sp³-hybridized carbons (Fsp3) is 0.889. The first-order valence-electron chi connectivity index (χ1n) is 4.84. The van der Waals surface area contributed by atoms with E-state index in [1.165, 1.54) is 0 Å². The van der Waals surface area contributed by atoms with Gasteiger partial charge in [-0.05, 0) is 20.0 Å². The molecule has 0 aromatic carbocycles. The second kappa shape index (κ2) is 6.86. The molecule has 0 heterocycles. The second-order valence-corrected chi connectivity index (χ2v) is 3.23. The number of nitrogens with zero attached hydrogens (tertiary/aromatic N) is 1. The molecule has 0 aliphatic heterocycles. The Balaban J connectivity index is 3.59. The van der Waals surface area contributed by atoms with E-state index in [2.05, 4.69) is 31.0 Å². The van der Waals surface area contributed by atoms with Crippen LogP contribution in [-0.4, -0.2) is 43.0 Å². The molecule has 1 unspecified atom stereocenters. The minimum atomic E-state index is -0.300. The first-order valence-corrected chi connectivity index (χ1v) is 4.84. The highest BCUT2D eigenvalue weighted by Gasteiger charge is 2.06. The quantitative estimate of drug-likeness (QED) is 0.580. The van der Waals surface area contributed by atoms with Gasteiger partial charge in [-0.3, -0.25) is 4.79 Å². The van der Waals surface area contributed by atoms with E-state index in [4.69, 9.17) is 5.73 Å². The van der Waals surface area contributed by atoms with Crippen LogP contribution in [0.4, 0.5) is 0 Å². The van der Waals surface area contributed by atoms with Gasteiger partial charge < -0.3 is 16.0 Å². The summed E-state index contributed by atoms with van der Waals surface area (Å²) in [4.78, 5) is 12.8. The fourth-order valence-corrected chi connectivity index (χ4v) is 1.21. The van der Waals surface area contributed by atoms with Crippen LogP contribution in [0.3, 0.4) is 0 Å². The van der Waals surface area contributed by atoms with Crippen LogP contribution >= 0.6 is 0 Å². The van der Waals surface area contributed by atoms with Crippen LogP contribution < -0.4 is 11.1 Å². The maximum Gasteiger partial charge on any atom is 0.231 e. The SMILES string of the molecule is CCN(CC)CC(C)NCC(N)=O. The first-order chi connectivity index (χ1) is 6.10. The van der Waals surface area contributed by atoms with Gasteiger partial charge in [-0.2, -0.15) is 0 Å². The van der Waals surface area contributed by atoms with E-state index in [1.54, 1.807) is 0 Å². The normalized spacial score (nSPS) is 13.2. The second-order valence-electron chi connectivity index (χ2n) is 3.23. The summed E-state index contributed by atoms with van der Waals surface area (Å²) in [5.74, 6) is -0.300. The fourth-order valence-electron chi connectivity index (χ4n) is 1.21. The number of carbonyl (C=O) groups excluding carboxylic acids is 1. The lowest BCUT2D eigenvalue weighted by Gasteiger charge is -2.22. The largest absolute Gasteiger partial charge is 0.369 e. The van der Waals surface area contributed by atoms with Crippen LogP contribution in [0.1, 0.15) is 20.8 Å². The third-order valence-electron chi connectivity index (χ3n) is 2.05. The maximum absolute atomic E-state index is 10.5. The summed E-state index contributed by atoms with van der Waals surface area (Å²) in [6.45, 7) is 9.62. The molecule has 0 aliphatic carbocycles. The minimum absolute atomic E-state index is 0.266. The average molecular weight is 187 g/mol. The Kier molecular flexibility index (Phi) is 6.54. The predicted octanol–water partition coefficient (Wildman–Crippen LogP) is -0.208. The van der Waals surface area contributed by atoms with Gasteiger partial charge in [-0.1, -0.05) is 13.8 Å². The van der Waals surface area contributed by atoms with Crippen LogP contribution in [0.15, 0.2) is 0 Å². The van der Waals surface area contributed by atoms with E-state index in [1.807, 2.05) is 0 Å². The van der Waals surface area contributed by atoms with E-state index in [0.717, 1.165) is 19.6 Å². The Morgan fingerprint density at radius 2 is 2.00 bits per heavy atom. The number of hydrogen-bond acceptors (Lipinski definition) is 3. The van der Waals surface area contributed by atoms with E-state index in [0.29, 0.717) is 6.04 Å². The molecule has 0 spiro atoms. The Morgan fingerprint density at radius 3 is 2.38 bits per heavy atom. The third kappa shape index (κ3) is 6.54. The number of likely N-dealkylation sites (N-methyl/N-ethyl adjacent to an activating group) is 1. The summed E-state index contributed by atoms with van der Waals surface area (Å²) in [6.07, 6.45) is 0. The number of rotatable bonds is 7. The lowest BCUT2D eigenvalue weighted by Crippen LogP contribution is -2.42. The lowest BCUT2D eigenvalue weighted by molar-refractivity contribution is -0.117. The molecule has 0 aromatic heterocycles. The Bertz CT molecular complexity index is 146. The van der Waals surface area contributed by atoms with Gasteiger partial charge in [0.1, 0.15) is 0 Å². The minimum Gasteiger partial charge on any atom is -0.369 e. The van der Waals surface area contributed by atoms with Crippen LogP contribution in [0.2, 0.25) is 0 Å². The highest BCUT2D eigenvalue weighted by Crippen LogP contribution is 1.90. The highest BCUT2D eigenvalue weighted by atomic mass is 16.1. The van der Waals surface area contributed by atoms with Crippen LogP contribution in [0, 0.1) is 0 Å². The van der Waals surface area contributed by atoms with Gasteiger partial charge >= 0.3 is 0 Å². The van der Waals surface area contributed by atoms with E-state index >= 15 is 0 Å². The summed E-state index contributed by atoms with van der Waals surface area (Å²) < 4.78 is 0. The molecule has 3 N–H and O–H groups in total. The van der Waals surface area contributed by atoms with E-state index < -0.39 is 0 Å². The summed E-state index contributed by atoms with van der Waals surface area (Å²) in [7, 11) is 0. The zero-order valence-electron chi connectivity index (χ0n) is 8.84. The topological polar surface area (TPSA) is 58.4 Å². The number of hydrogen-bond donors (Lipinski definition) is 2. The van der Waals surface area contributed by atoms with Gasteiger partial charge in [0.2, 0.25) is 5.91 Å². The molecule has 0 aliphatic rings. The number of nitrogens with two attached hydrogens (primary N) is 1. The van der Waals surface area contributed by atoms with Crippen molar-refractivity contribution in [3.63, 3.8) is 0 Å². The van der Waals surface area contributed by atoms with E-state index in [-0.39, 0.29) is 12.5 Å². The van der Waals surface area contributed by atoms with Crippen LogP contribution in [0.5, 0.6) is 0 Å². The van der Waals surface area contributed by atoms with Crippen LogP contribution in [0.25, 0.3) is 0 Å². The van der Waals surface area contributed by atoms with Crippen molar-refractivity contribution in [1.82, 2.24) is 10.2 Å². The molecule has 0 saturated heterocycles. The molecule has 0 rings (SSSR count). The van der Waals surface area contributed by atoms with Crippen molar-refractivity contribution < 1.29 is 4.79 Å². The van der Waals surface area contributed by atoms with Crippen molar-refractivity contribution in [1.29, 1.82) is 0 Å². The molecule has 0 aromatic rings. The van der Waals surface area contributed by atoms with Gasteiger partial charge in [0, 0.05) is 12.6 Å². The van der Waals surface area contributed by atoms with Gasteiger partial charge in [-0.25, -0.2) is 0 Å². The van der Waals surface area contributed by atoms with Gasteiger partial charge in [0.25, 0.3) is 0 Å². The van der Waals surface area contributed by atoms with Crippen LogP contribution in [-0.2, 0) is 4.79 Å². The van der Waals surface area contributed by atoms with Crippen molar-refractivity contribution in [2.24, 2.45) is 5.73 Å². The summed E-state index contributed by atoms with van der Waals surface area (Å²) in [6, 6.07) is 0.312. The first kappa shape index (κ1) is 12.4. The smallest absolute Gasteiger partial charge is 0.231 e. The molecule has 1 atom stereocenters. The summed E-state index contributed by atoms with van der Waals surface area (Å²) in [5, 5.41) is 3.06. The zero-order valence-corrected chi connectivity index (χ0v) is 8.84. The van der Waals surface area contributed by atoms with Crippen molar-refractivity contribution >= 4 is 5.91 Å². The molecule has 78 valence electrons. The third-order valence-corrected chi connectivity index (χ3v) is 2.05. The highest BCUT2D eigenvalue weighted by molar-refractivity contribution is 5.75. The molecular formula is C9H21N3O. The van der Waals surface area contributed by atoms with Gasteiger partial charge in [0.05, 0.1) is 6.54 Å². The molecule has 4 nitrogen and oxygen atoms in total. The summed E-state index contributed by atoms with van der Waals surface area (Å²) >= 11 is 0. The van der Waals surface area contributed by atoms with Gasteiger partial charge in [-0.15, -0.1) is 0 Å². The number of carbonyl (C=O) groups is 1. The van der Waals surface area contributed by atoms with Gasteiger partial charge in [0.15, 0.2) is 0 Å². The monoisotopic (exact) mass is 187 g/mol. The molecule has 13 heavy (non-hydrogen) atoms. The maximum atomic E-state index is 10.5. The standard InChI is InChI=1S/C9H21N3O/c1-4-12(5-2)7-8(3)11-6-9(10)13/h8,11H,4-7H2,1-3H3,(H2,10,13). The number of nitrogens with one attached hydrogen (secondary N) is 1. The Labute approximate surface area is 80.5 Å². The predicted molar refractivity (Wildman–Crippen MR) is 54.4 cm³/mol. The molecule has 1 amide bonds. The van der Waals surface area contributed by atoms with Crippen molar-refractivity contribution in [2.45, 2.75) is 26.8 Å². The number of primary amides is 1. The van der Waals surface area contributed by atoms with Crippen molar-refractivity contribution in [3.05, 3.63) is 0 Å². The molecule has 0 fully saturated rings. The zero-order chi connectivity index (χ0) is 10.3. The Morgan fingerprint density at radius 1 is 1.46 bits per heavy atom. The summed E-state index contributed by atoms with van der Waals surface area (Å²) in [5.41, 5.74) is 5.02. The Hall–Kier alpha value is -0.610. The number of amides is 1. The van der Waals surface area contributed by atoms with E-state index in [9.17, 15) is 4.79 Å². The average Bonchev–Trinajstić information content (AvgIpc) is 2.10. The molecule has 4 heteroatoms. The molecule has 0 radical (unpaired) electrons. The van der Waals surface area contributed by atoms with Crippen molar-refractivity contribution in [3.8, 4) is 0 Å². The molecule has 0 saturated carbocycles. The molecule has 0 bridgehead atoms. The lowest BCUT2D eigenvalue weighted by atomic mass is 10.3. The van der Waals surface area contributed by atoms with Crippen molar-refractivity contribution in [2.75, 3.05) is 26.2 Å². The molecular weight excluding hydrogens is 166 g/mol.